The Morgan fingerprint density at radius 2 is 1.89 bits per heavy atom. The van der Waals surface area contributed by atoms with Gasteiger partial charge < -0.3 is 33.5 Å². The van der Waals surface area contributed by atoms with Gasteiger partial charge in [0.05, 0.1) is 13.2 Å². The Labute approximate surface area is 207 Å². The first-order chi connectivity index (χ1) is 16.9. The molecule has 1 saturated heterocycles. The lowest BCUT2D eigenvalue weighted by atomic mass is 9.97. The zero-order valence-electron chi connectivity index (χ0n) is 20.7. The number of carbonyl (C=O) groups is 1. The number of fused-ring (bicyclic) bond motifs is 2. The highest BCUT2D eigenvalue weighted by Crippen LogP contribution is 2.37. The normalized spacial score (nSPS) is 30.4. The maximum absolute atomic E-state index is 13.9. The van der Waals surface area contributed by atoms with Gasteiger partial charge in [-0.15, -0.1) is 0 Å². The van der Waals surface area contributed by atoms with E-state index in [1.807, 2.05) is 0 Å². The maximum atomic E-state index is 13.9. The third-order valence-corrected chi connectivity index (χ3v) is 5.79. The van der Waals surface area contributed by atoms with Crippen molar-refractivity contribution in [3.05, 3.63) is 41.5 Å². The van der Waals surface area contributed by atoms with Crippen LogP contribution in [-0.2, 0) is 18.9 Å². The topological polar surface area (TPSA) is 92.7 Å². The smallest absolute Gasteiger partial charge is 0.398 e. The first kappa shape index (κ1) is 28.0. The van der Waals surface area contributed by atoms with E-state index in [0.29, 0.717) is 11.3 Å². The molecule has 0 amide bonds. The molecule has 5 atom stereocenters. The lowest BCUT2D eigenvalue weighted by Crippen LogP contribution is -2.36. The third kappa shape index (κ3) is 6.58. The van der Waals surface area contributed by atoms with E-state index in [1.54, 1.807) is 26.0 Å². The molecule has 200 valence electrons. The van der Waals surface area contributed by atoms with E-state index in [1.165, 1.54) is 26.4 Å². The Hall–Kier alpha value is -2.60. The number of esters is 1. The molecule has 0 saturated carbocycles. The summed E-state index contributed by atoms with van der Waals surface area (Å²) in [5.41, 5.74) is 0.211. The minimum atomic E-state index is -4.75. The number of cyclic esters (lactones) is 1. The monoisotopic (exact) mass is 516 g/mol. The number of ether oxygens (including phenoxy) is 6. The van der Waals surface area contributed by atoms with Crippen LogP contribution in [0.2, 0.25) is 0 Å². The second-order valence-corrected chi connectivity index (χ2v) is 8.97. The van der Waals surface area contributed by atoms with Gasteiger partial charge in [0, 0.05) is 13.2 Å². The predicted molar refractivity (Wildman–Crippen MR) is 123 cm³/mol. The molecule has 0 spiro atoms. The van der Waals surface area contributed by atoms with Crippen LogP contribution in [0.5, 0.6) is 11.5 Å². The molecule has 8 nitrogen and oxygen atoms in total. The Bertz CT molecular complexity index is 988. The van der Waals surface area contributed by atoms with Crippen molar-refractivity contribution < 1.29 is 51.5 Å². The van der Waals surface area contributed by atoms with E-state index in [2.05, 4.69) is 0 Å². The highest BCUT2D eigenvalue weighted by atomic mass is 19.4. The van der Waals surface area contributed by atoms with E-state index in [4.69, 9.17) is 28.4 Å². The number of halogens is 3. The molecular weight excluding hydrogens is 485 g/mol. The van der Waals surface area contributed by atoms with Crippen LogP contribution in [0.15, 0.2) is 30.4 Å². The molecule has 2 heterocycles. The first-order valence-electron chi connectivity index (χ1n) is 11.4. The van der Waals surface area contributed by atoms with Crippen molar-refractivity contribution in [3.63, 3.8) is 0 Å². The quantitative estimate of drug-likeness (QED) is 0.361. The van der Waals surface area contributed by atoms with Gasteiger partial charge in [0.25, 0.3) is 0 Å². The molecule has 0 aromatic heterocycles. The fourth-order valence-electron chi connectivity index (χ4n) is 4.15. The van der Waals surface area contributed by atoms with Gasteiger partial charge in [-0.2, -0.15) is 13.2 Å². The molecule has 36 heavy (non-hydrogen) atoms. The van der Waals surface area contributed by atoms with Crippen molar-refractivity contribution in [1.29, 1.82) is 0 Å². The second-order valence-electron chi connectivity index (χ2n) is 8.97. The van der Waals surface area contributed by atoms with Gasteiger partial charge in [0.15, 0.2) is 12.6 Å². The summed E-state index contributed by atoms with van der Waals surface area (Å²) in [6, 6.07) is 2.96. The summed E-state index contributed by atoms with van der Waals surface area (Å²) < 4.78 is 74.4. The largest absolute Gasteiger partial charge is 0.497 e. The van der Waals surface area contributed by atoms with Crippen LogP contribution in [-0.4, -0.2) is 68.5 Å². The van der Waals surface area contributed by atoms with Gasteiger partial charge in [0.1, 0.15) is 41.3 Å². The highest BCUT2D eigenvalue weighted by molar-refractivity contribution is 5.97. The highest BCUT2D eigenvalue weighted by Gasteiger charge is 2.46. The Morgan fingerprint density at radius 1 is 1.17 bits per heavy atom. The Morgan fingerprint density at radius 3 is 2.53 bits per heavy atom. The summed E-state index contributed by atoms with van der Waals surface area (Å²) in [4.78, 5) is 13.2. The van der Waals surface area contributed by atoms with Crippen LogP contribution < -0.4 is 9.47 Å². The molecule has 2 aliphatic rings. The second kappa shape index (κ2) is 11.2. The van der Waals surface area contributed by atoms with Crippen LogP contribution in [0, 0.1) is 5.92 Å². The van der Waals surface area contributed by atoms with E-state index in [-0.39, 0.29) is 24.5 Å². The fourth-order valence-corrected chi connectivity index (χ4v) is 4.15. The molecule has 1 fully saturated rings. The minimum absolute atomic E-state index is 0.0223. The molecule has 3 rings (SSSR count). The number of carbonyl (C=O) groups excluding carboxylic acids is 1. The van der Waals surface area contributed by atoms with Crippen molar-refractivity contribution in [2.24, 2.45) is 5.92 Å². The number of hydrogen-bond donors (Lipinski definition) is 1. The number of aliphatic hydroxyl groups excluding tert-OH is 1. The number of hydrogen-bond acceptors (Lipinski definition) is 8. The molecule has 1 aromatic carbocycles. The molecule has 5 unspecified atom stereocenters. The minimum Gasteiger partial charge on any atom is -0.497 e. The number of alkyl halides is 3. The van der Waals surface area contributed by atoms with Crippen LogP contribution in [0.25, 0.3) is 6.08 Å². The number of aliphatic hydroxyl groups is 1. The number of benzene rings is 1. The lowest BCUT2D eigenvalue weighted by molar-refractivity contribution is -0.182. The van der Waals surface area contributed by atoms with Crippen molar-refractivity contribution in [2.75, 3.05) is 21.0 Å². The zero-order valence-corrected chi connectivity index (χ0v) is 20.7. The van der Waals surface area contributed by atoms with Gasteiger partial charge in [0.2, 0.25) is 0 Å². The molecule has 1 aromatic rings. The fraction of sp³-hybridized carbons (Fsp3) is 0.560. The zero-order chi connectivity index (χ0) is 26.7. The average Bonchev–Trinajstić information content (AvgIpc) is 3.10. The molecule has 2 aliphatic heterocycles. The Balaban J connectivity index is 2.13. The van der Waals surface area contributed by atoms with Crippen molar-refractivity contribution >= 4 is 12.0 Å². The van der Waals surface area contributed by atoms with Crippen LogP contribution in [0.1, 0.15) is 43.1 Å². The molecular formula is C25H31F3O8. The predicted octanol–water partition coefficient (Wildman–Crippen LogP) is 4.26. The van der Waals surface area contributed by atoms with E-state index < -0.39 is 48.3 Å². The summed E-state index contributed by atoms with van der Waals surface area (Å²) in [5, 5.41) is 10.7. The standard InChI is InChI=1S/C25H31F3O8/c1-14-17(25(26,27)28)9-10-18(29)22-19(35-24(2,3)36-22)8-6-7-15-11-16(32-5)12-20(33-13-31-4)21(15)23(30)34-14/h6-7,9-12,14,17-19,22,29H,8,13H2,1-5H3/b7-6+,10-9-. The summed E-state index contributed by atoms with van der Waals surface area (Å²) in [7, 11) is 2.81. The van der Waals surface area contributed by atoms with E-state index in [0.717, 1.165) is 19.1 Å². The van der Waals surface area contributed by atoms with Gasteiger partial charge in [-0.3, -0.25) is 0 Å². The summed E-state index contributed by atoms with van der Waals surface area (Å²) in [5.74, 6) is -3.89. The summed E-state index contributed by atoms with van der Waals surface area (Å²) in [6.07, 6.45) is -4.02. The van der Waals surface area contributed by atoms with Gasteiger partial charge in [-0.1, -0.05) is 24.3 Å². The lowest BCUT2D eigenvalue weighted by Gasteiger charge is -2.26. The van der Waals surface area contributed by atoms with Crippen molar-refractivity contribution in [3.8, 4) is 11.5 Å². The third-order valence-electron chi connectivity index (χ3n) is 5.79. The van der Waals surface area contributed by atoms with E-state index >= 15 is 0 Å². The first-order valence-corrected chi connectivity index (χ1v) is 11.4. The summed E-state index contributed by atoms with van der Waals surface area (Å²) >= 11 is 0. The summed E-state index contributed by atoms with van der Waals surface area (Å²) in [6.45, 7) is 4.22. The SMILES string of the molecule is COCOc1cc(OC)cc2c1C(=O)OC(C)C(C(F)(F)F)/C=C\C(O)C1OC(C)(C)OC1C/C=C/2. The van der Waals surface area contributed by atoms with Gasteiger partial charge in [-0.05, 0) is 38.8 Å². The maximum Gasteiger partial charge on any atom is 0.398 e. The molecule has 0 aliphatic carbocycles. The van der Waals surface area contributed by atoms with Crippen molar-refractivity contribution in [1.82, 2.24) is 0 Å². The molecule has 1 N–H and O–H groups in total. The van der Waals surface area contributed by atoms with Crippen LogP contribution in [0.4, 0.5) is 13.2 Å². The Kier molecular flexibility index (Phi) is 8.71. The molecule has 11 heteroatoms. The van der Waals surface area contributed by atoms with Crippen LogP contribution >= 0.6 is 0 Å². The molecule has 0 bridgehead atoms. The van der Waals surface area contributed by atoms with Crippen molar-refractivity contribution in [2.45, 2.75) is 63.6 Å². The van der Waals surface area contributed by atoms with Gasteiger partial charge in [-0.25, -0.2) is 4.79 Å². The van der Waals surface area contributed by atoms with E-state index in [9.17, 15) is 23.1 Å². The average molecular weight is 517 g/mol. The number of rotatable bonds is 4. The number of methoxy groups -OCH3 is 2. The molecule has 0 radical (unpaired) electrons. The van der Waals surface area contributed by atoms with Gasteiger partial charge >= 0.3 is 12.1 Å². The van der Waals surface area contributed by atoms with Crippen LogP contribution in [0.3, 0.4) is 0 Å².